The van der Waals surface area contributed by atoms with Crippen LogP contribution in [0.15, 0.2) is 30.9 Å². The second-order valence-corrected chi connectivity index (χ2v) is 3.00. The summed E-state index contributed by atoms with van der Waals surface area (Å²) in [6, 6.07) is 1.44. The lowest BCUT2D eigenvalue weighted by atomic mass is 10.0. The maximum Gasteiger partial charge on any atom is 0.416 e. The number of alkyl halides is 3. The van der Waals surface area contributed by atoms with Gasteiger partial charge in [-0.15, -0.1) is 6.58 Å². The molecule has 1 nitrogen and oxygen atoms in total. The van der Waals surface area contributed by atoms with Crippen molar-refractivity contribution in [1.29, 1.82) is 0 Å². The average molecular weight is 219 g/mol. The molecule has 15 heavy (non-hydrogen) atoms. The molecule has 0 heterocycles. The second-order valence-electron chi connectivity index (χ2n) is 3.00. The van der Waals surface area contributed by atoms with Gasteiger partial charge in [0.15, 0.2) is 0 Å². The summed E-state index contributed by atoms with van der Waals surface area (Å²) in [6.45, 7) is 3.34. The van der Waals surface area contributed by atoms with E-state index in [1.54, 1.807) is 0 Å². The third-order valence-corrected chi connectivity index (χ3v) is 1.94. The lowest BCUT2D eigenvalue weighted by Gasteiger charge is -2.11. The van der Waals surface area contributed by atoms with E-state index in [1.807, 2.05) is 0 Å². The Balaban J connectivity index is 3.14. The van der Waals surface area contributed by atoms with Crippen LogP contribution in [0.5, 0.6) is 0 Å². The molecule has 0 bridgehead atoms. The van der Waals surface area contributed by atoms with E-state index in [-0.39, 0.29) is 5.56 Å². The molecule has 1 aromatic rings. The van der Waals surface area contributed by atoms with Crippen LogP contribution < -0.4 is 5.73 Å². The summed E-state index contributed by atoms with van der Waals surface area (Å²) < 4.78 is 49.7. The van der Waals surface area contributed by atoms with Gasteiger partial charge in [0.2, 0.25) is 0 Å². The van der Waals surface area contributed by atoms with Crippen LogP contribution in [0.1, 0.15) is 17.2 Å². The maximum atomic E-state index is 13.2. The van der Waals surface area contributed by atoms with Gasteiger partial charge in [0, 0.05) is 5.56 Å². The Morgan fingerprint density at radius 3 is 2.33 bits per heavy atom. The maximum absolute atomic E-state index is 13.2. The lowest BCUT2D eigenvalue weighted by Crippen LogP contribution is -2.11. The van der Waals surface area contributed by atoms with E-state index in [9.17, 15) is 17.6 Å². The fourth-order valence-corrected chi connectivity index (χ4v) is 1.10. The number of hydrogen-bond donors (Lipinski definition) is 1. The van der Waals surface area contributed by atoms with Gasteiger partial charge in [-0.05, 0) is 12.1 Å². The summed E-state index contributed by atoms with van der Waals surface area (Å²) >= 11 is 0. The molecule has 0 amide bonds. The Labute approximate surface area is 84.2 Å². The second kappa shape index (κ2) is 4.02. The molecule has 0 unspecified atom stereocenters. The van der Waals surface area contributed by atoms with Gasteiger partial charge in [-0.1, -0.05) is 12.1 Å². The number of nitrogens with two attached hydrogens (primary N) is 1. The van der Waals surface area contributed by atoms with Crippen LogP contribution in [0, 0.1) is 5.82 Å². The number of benzene rings is 1. The first-order chi connectivity index (χ1) is 6.86. The molecule has 5 heteroatoms. The molecule has 1 aromatic carbocycles. The molecule has 0 aromatic heterocycles. The smallest absolute Gasteiger partial charge is 0.321 e. The highest BCUT2D eigenvalue weighted by molar-refractivity contribution is 5.30. The summed E-state index contributed by atoms with van der Waals surface area (Å²) in [5.41, 5.74) is 4.39. The van der Waals surface area contributed by atoms with Crippen molar-refractivity contribution in [1.82, 2.24) is 0 Å². The summed E-state index contributed by atoms with van der Waals surface area (Å²) in [4.78, 5) is 0. The van der Waals surface area contributed by atoms with Crippen molar-refractivity contribution in [2.24, 2.45) is 5.73 Å². The number of halogens is 4. The first kappa shape index (κ1) is 11.7. The van der Waals surface area contributed by atoms with Crippen molar-refractivity contribution in [2.45, 2.75) is 12.2 Å². The Bertz CT molecular complexity index is 370. The number of rotatable bonds is 2. The van der Waals surface area contributed by atoms with E-state index >= 15 is 0 Å². The third kappa shape index (κ3) is 2.56. The Morgan fingerprint density at radius 2 is 1.93 bits per heavy atom. The minimum Gasteiger partial charge on any atom is -0.321 e. The average Bonchev–Trinajstić information content (AvgIpc) is 2.15. The topological polar surface area (TPSA) is 26.0 Å². The summed E-state index contributed by atoms with van der Waals surface area (Å²) in [6.07, 6.45) is -3.29. The van der Waals surface area contributed by atoms with Crippen molar-refractivity contribution < 1.29 is 17.6 Å². The summed E-state index contributed by atoms with van der Waals surface area (Å²) in [7, 11) is 0. The molecule has 2 N–H and O–H groups in total. The highest BCUT2D eigenvalue weighted by atomic mass is 19.4. The fraction of sp³-hybridized carbons (Fsp3) is 0.200. The molecule has 1 atom stereocenters. The first-order valence-electron chi connectivity index (χ1n) is 4.11. The molecule has 0 radical (unpaired) electrons. The monoisotopic (exact) mass is 219 g/mol. The quantitative estimate of drug-likeness (QED) is 0.600. The van der Waals surface area contributed by atoms with Gasteiger partial charge in [0.25, 0.3) is 0 Å². The molecule has 0 aliphatic heterocycles. The van der Waals surface area contributed by atoms with Gasteiger partial charge in [-0.25, -0.2) is 4.39 Å². The lowest BCUT2D eigenvalue weighted by molar-refractivity contribution is -0.137. The van der Waals surface area contributed by atoms with Crippen molar-refractivity contribution in [3.63, 3.8) is 0 Å². The van der Waals surface area contributed by atoms with Crippen LogP contribution in [0.2, 0.25) is 0 Å². The zero-order chi connectivity index (χ0) is 11.6. The van der Waals surface area contributed by atoms with Crippen LogP contribution in [0.25, 0.3) is 0 Å². The van der Waals surface area contributed by atoms with E-state index in [0.29, 0.717) is 6.07 Å². The van der Waals surface area contributed by atoms with E-state index in [4.69, 9.17) is 5.73 Å². The van der Waals surface area contributed by atoms with Gasteiger partial charge < -0.3 is 5.73 Å². The zero-order valence-corrected chi connectivity index (χ0v) is 7.68. The summed E-state index contributed by atoms with van der Waals surface area (Å²) in [5.74, 6) is -0.975. The predicted octanol–water partition coefficient (Wildman–Crippen LogP) is 3.03. The minimum atomic E-state index is -4.54. The van der Waals surface area contributed by atoms with Crippen LogP contribution in [0.4, 0.5) is 17.6 Å². The van der Waals surface area contributed by atoms with Crippen molar-refractivity contribution in [2.75, 3.05) is 0 Å². The van der Waals surface area contributed by atoms with Gasteiger partial charge in [0.1, 0.15) is 5.82 Å². The first-order valence-corrected chi connectivity index (χ1v) is 4.11. The highest BCUT2D eigenvalue weighted by Gasteiger charge is 2.31. The van der Waals surface area contributed by atoms with E-state index < -0.39 is 23.6 Å². The fourth-order valence-electron chi connectivity index (χ4n) is 1.10. The van der Waals surface area contributed by atoms with Gasteiger partial charge in [-0.2, -0.15) is 13.2 Å². The van der Waals surface area contributed by atoms with E-state index in [1.165, 1.54) is 6.08 Å². The number of hydrogen-bond acceptors (Lipinski definition) is 1. The predicted molar refractivity (Wildman–Crippen MR) is 48.5 cm³/mol. The van der Waals surface area contributed by atoms with Crippen molar-refractivity contribution in [3.8, 4) is 0 Å². The summed E-state index contributed by atoms with van der Waals surface area (Å²) in [5, 5.41) is 0. The van der Waals surface area contributed by atoms with Gasteiger partial charge in [-0.3, -0.25) is 0 Å². The van der Waals surface area contributed by atoms with Gasteiger partial charge in [0.05, 0.1) is 11.6 Å². The van der Waals surface area contributed by atoms with Gasteiger partial charge >= 0.3 is 6.18 Å². The SMILES string of the molecule is C=C[C@@H](N)c1ccc(C(F)(F)F)cc1F. The largest absolute Gasteiger partial charge is 0.416 e. The molecule has 0 spiro atoms. The molecule has 0 aliphatic carbocycles. The van der Waals surface area contributed by atoms with Crippen molar-refractivity contribution >= 4 is 0 Å². The highest BCUT2D eigenvalue weighted by Crippen LogP contribution is 2.31. The van der Waals surface area contributed by atoms with Crippen LogP contribution in [-0.4, -0.2) is 0 Å². The molecule has 0 aliphatic rings. The molecule has 82 valence electrons. The molecular formula is C10H9F4N. The molecule has 0 saturated carbocycles. The third-order valence-electron chi connectivity index (χ3n) is 1.94. The normalized spacial score (nSPS) is 13.7. The Morgan fingerprint density at radius 1 is 1.33 bits per heavy atom. The zero-order valence-electron chi connectivity index (χ0n) is 7.68. The molecular weight excluding hydrogens is 210 g/mol. The molecule has 0 saturated heterocycles. The van der Waals surface area contributed by atoms with Crippen LogP contribution >= 0.6 is 0 Å². The Hall–Kier alpha value is -1.36. The molecule has 1 rings (SSSR count). The van der Waals surface area contributed by atoms with Crippen LogP contribution in [0.3, 0.4) is 0 Å². The Kier molecular flexibility index (Phi) is 3.14. The van der Waals surface area contributed by atoms with Crippen molar-refractivity contribution in [3.05, 3.63) is 47.8 Å². The van der Waals surface area contributed by atoms with E-state index in [0.717, 1.165) is 12.1 Å². The standard InChI is InChI=1S/C10H9F4N/c1-2-9(15)7-4-3-6(5-8(7)11)10(12,13)14/h2-5,9H,1,15H2/t9-/m1/s1. The molecule has 0 fully saturated rings. The van der Waals surface area contributed by atoms with Crippen LogP contribution in [-0.2, 0) is 6.18 Å². The minimum absolute atomic E-state index is 0.00185. The van der Waals surface area contributed by atoms with E-state index in [2.05, 4.69) is 6.58 Å².